The van der Waals surface area contributed by atoms with Crippen LogP contribution in [0, 0.1) is 0 Å². The summed E-state index contributed by atoms with van der Waals surface area (Å²) in [5.74, 6) is 1.04. The van der Waals surface area contributed by atoms with E-state index < -0.39 is 0 Å². The summed E-state index contributed by atoms with van der Waals surface area (Å²) in [6.07, 6.45) is 2.68. The molecule has 1 aliphatic rings. The topological polar surface area (TPSA) is 29.5 Å². The first-order chi connectivity index (χ1) is 11.2. The van der Waals surface area contributed by atoms with Gasteiger partial charge in [0, 0.05) is 17.1 Å². The highest BCUT2D eigenvalue weighted by atomic mass is 79.9. The van der Waals surface area contributed by atoms with E-state index in [1.54, 1.807) is 7.11 Å². The number of methoxy groups -OCH3 is 1. The summed E-state index contributed by atoms with van der Waals surface area (Å²) in [6, 6.07) is 16.3. The first-order valence-corrected chi connectivity index (χ1v) is 8.62. The average Bonchev–Trinajstić information content (AvgIpc) is 3.40. The molecule has 0 aliphatic heterocycles. The zero-order chi connectivity index (χ0) is 16.2. The molecule has 2 aromatic rings. The van der Waals surface area contributed by atoms with Crippen molar-refractivity contribution in [2.24, 2.45) is 0 Å². The van der Waals surface area contributed by atoms with Crippen molar-refractivity contribution >= 4 is 21.8 Å². The quantitative estimate of drug-likeness (QED) is 0.759. The Balaban J connectivity index is 1.67. The highest BCUT2D eigenvalue weighted by Gasteiger charge is 2.32. The van der Waals surface area contributed by atoms with Crippen molar-refractivity contribution in [3.8, 4) is 5.75 Å². The molecule has 1 fully saturated rings. The van der Waals surface area contributed by atoms with Crippen LogP contribution in [0.2, 0.25) is 0 Å². The monoisotopic (exact) mass is 373 g/mol. The maximum Gasteiger partial charge on any atom is 0.227 e. The summed E-state index contributed by atoms with van der Waals surface area (Å²) >= 11 is 3.42. The van der Waals surface area contributed by atoms with Gasteiger partial charge in [-0.1, -0.05) is 40.2 Å². The number of rotatable bonds is 6. The fourth-order valence-electron chi connectivity index (χ4n) is 2.61. The molecule has 0 N–H and O–H groups in total. The van der Waals surface area contributed by atoms with Crippen molar-refractivity contribution in [2.75, 3.05) is 7.11 Å². The number of nitrogens with zero attached hydrogens (tertiary/aromatic N) is 1. The molecule has 0 atom stereocenters. The molecule has 4 heteroatoms. The van der Waals surface area contributed by atoms with E-state index in [9.17, 15) is 4.79 Å². The van der Waals surface area contributed by atoms with Crippen LogP contribution in [0.4, 0.5) is 0 Å². The van der Waals surface area contributed by atoms with Crippen LogP contribution in [0.15, 0.2) is 53.0 Å². The van der Waals surface area contributed by atoms with E-state index in [4.69, 9.17) is 4.74 Å². The lowest BCUT2D eigenvalue weighted by Crippen LogP contribution is -2.33. The van der Waals surface area contributed by atoms with Crippen molar-refractivity contribution < 1.29 is 9.53 Å². The second-order valence-electron chi connectivity index (χ2n) is 5.90. The van der Waals surface area contributed by atoms with Gasteiger partial charge in [-0.25, -0.2) is 0 Å². The lowest BCUT2D eigenvalue weighted by atomic mass is 10.1. The third kappa shape index (κ3) is 4.35. The molecule has 23 heavy (non-hydrogen) atoms. The number of benzene rings is 2. The Labute approximate surface area is 145 Å². The minimum atomic E-state index is 0.200. The van der Waals surface area contributed by atoms with Crippen LogP contribution in [0.25, 0.3) is 0 Å². The van der Waals surface area contributed by atoms with Crippen LogP contribution in [0.1, 0.15) is 24.0 Å². The highest BCUT2D eigenvalue weighted by Crippen LogP contribution is 2.29. The second kappa shape index (κ2) is 7.18. The Kier molecular flexibility index (Phi) is 5.01. The fourth-order valence-corrected chi connectivity index (χ4v) is 2.88. The molecule has 3 nitrogen and oxygen atoms in total. The number of amides is 1. The van der Waals surface area contributed by atoms with Gasteiger partial charge >= 0.3 is 0 Å². The maximum atomic E-state index is 12.7. The third-order valence-electron chi connectivity index (χ3n) is 4.09. The molecular weight excluding hydrogens is 354 g/mol. The maximum absolute atomic E-state index is 12.7. The van der Waals surface area contributed by atoms with Gasteiger partial charge in [0.15, 0.2) is 0 Å². The Morgan fingerprint density at radius 2 is 1.70 bits per heavy atom. The van der Waals surface area contributed by atoms with E-state index in [1.807, 2.05) is 53.4 Å². The Morgan fingerprint density at radius 3 is 2.26 bits per heavy atom. The van der Waals surface area contributed by atoms with Crippen LogP contribution in [-0.2, 0) is 17.8 Å². The zero-order valence-electron chi connectivity index (χ0n) is 13.2. The van der Waals surface area contributed by atoms with Crippen molar-refractivity contribution in [2.45, 2.75) is 31.8 Å². The average molecular weight is 374 g/mol. The summed E-state index contributed by atoms with van der Waals surface area (Å²) in [5.41, 5.74) is 2.19. The largest absolute Gasteiger partial charge is 0.497 e. The third-order valence-corrected chi connectivity index (χ3v) is 4.62. The van der Waals surface area contributed by atoms with Crippen LogP contribution >= 0.6 is 15.9 Å². The summed E-state index contributed by atoms with van der Waals surface area (Å²) in [6.45, 7) is 0.671. The van der Waals surface area contributed by atoms with Crippen molar-refractivity contribution in [1.29, 1.82) is 0 Å². The van der Waals surface area contributed by atoms with Crippen molar-refractivity contribution in [1.82, 2.24) is 4.90 Å². The lowest BCUT2D eigenvalue weighted by Gasteiger charge is -2.23. The van der Waals surface area contributed by atoms with Crippen molar-refractivity contribution in [3.05, 3.63) is 64.1 Å². The van der Waals surface area contributed by atoms with Gasteiger partial charge in [0.05, 0.1) is 13.5 Å². The summed E-state index contributed by atoms with van der Waals surface area (Å²) in [7, 11) is 1.66. The predicted molar refractivity (Wildman–Crippen MR) is 94.4 cm³/mol. The van der Waals surface area contributed by atoms with Gasteiger partial charge < -0.3 is 9.64 Å². The molecule has 2 aromatic carbocycles. The SMILES string of the molecule is COc1ccc(CN(C(=O)Cc2ccc(Br)cc2)C2CC2)cc1. The fraction of sp³-hybridized carbons (Fsp3) is 0.316. The van der Waals surface area contributed by atoms with Crippen LogP contribution < -0.4 is 4.74 Å². The Morgan fingerprint density at radius 1 is 1.09 bits per heavy atom. The summed E-state index contributed by atoms with van der Waals surface area (Å²) in [4.78, 5) is 14.7. The summed E-state index contributed by atoms with van der Waals surface area (Å²) in [5, 5.41) is 0. The normalized spacial score (nSPS) is 13.7. The first kappa shape index (κ1) is 16.1. The molecule has 0 aromatic heterocycles. The molecule has 3 rings (SSSR count). The van der Waals surface area contributed by atoms with Crippen molar-refractivity contribution in [3.63, 3.8) is 0 Å². The van der Waals surface area contributed by atoms with Gasteiger partial charge in [-0.15, -0.1) is 0 Å². The zero-order valence-corrected chi connectivity index (χ0v) is 14.8. The minimum absolute atomic E-state index is 0.200. The lowest BCUT2D eigenvalue weighted by molar-refractivity contribution is -0.131. The molecule has 1 aliphatic carbocycles. The first-order valence-electron chi connectivity index (χ1n) is 7.82. The predicted octanol–water partition coefficient (Wildman–Crippen LogP) is 4.19. The Hall–Kier alpha value is -1.81. The van der Waals surface area contributed by atoms with Crippen LogP contribution in [-0.4, -0.2) is 24.0 Å². The minimum Gasteiger partial charge on any atom is -0.497 e. The van der Waals surface area contributed by atoms with Gasteiger partial charge in [0.2, 0.25) is 5.91 Å². The number of halogens is 1. The van der Waals surface area contributed by atoms with E-state index in [0.717, 1.165) is 34.2 Å². The standard InChI is InChI=1S/C19H20BrNO2/c1-23-18-10-4-15(5-11-18)13-21(17-8-9-17)19(22)12-14-2-6-16(20)7-3-14/h2-7,10-11,17H,8-9,12-13H2,1H3. The number of carbonyl (C=O) groups excluding carboxylic acids is 1. The van der Waals surface area contributed by atoms with Gasteiger partial charge in [0.25, 0.3) is 0 Å². The van der Waals surface area contributed by atoms with Gasteiger partial charge in [-0.05, 0) is 48.2 Å². The van der Waals surface area contributed by atoms with E-state index in [-0.39, 0.29) is 5.91 Å². The molecular formula is C19H20BrNO2. The van der Waals surface area contributed by atoms with Gasteiger partial charge in [-0.2, -0.15) is 0 Å². The van der Waals surface area contributed by atoms with Gasteiger partial charge in [-0.3, -0.25) is 4.79 Å². The molecule has 0 bridgehead atoms. The second-order valence-corrected chi connectivity index (χ2v) is 6.82. The Bertz CT molecular complexity index is 663. The molecule has 0 unspecified atom stereocenters. The molecule has 1 amide bonds. The van der Waals surface area contributed by atoms with E-state index in [1.165, 1.54) is 0 Å². The smallest absolute Gasteiger partial charge is 0.227 e. The van der Waals surface area contributed by atoms with E-state index in [0.29, 0.717) is 19.0 Å². The highest BCUT2D eigenvalue weighted by molar-refractivity contribution is 9.10. The number of ether oxygens (including phenoxy) is 1. The van der Waals surface area contributed by atoms with Crippen LogP contribution in [0.3, 0.4) is 0 Å². The van der Waals surface area contributed by atoms with Crippen LogP contribution in [0.5, 0.6) is 5.75 Å². The van der Waals surface area contributed by atoms with E-state index >= 15 is 0 Å². The molecule has 0 spiro atoms. The summed E-state index contributed by atoms with van der Waals surface area (Å²) < 4.78 is 6.22. The van der Waals surface area contributed by atoms with E-state index in [2.05, 4.69) is 15.9 Å². The molecule has 1 saturated carbocycles. The molecule has 120 valence electrons. The molecule has 0 heterocycles. The number of carbonyl (C=O) groups is 1. The molecule has 0 saturated heterocycles. The molecule has 0 radical (unpaired) electrons. The number of hydrogen-bond acceptors (Lipinski definition) is 2. The van der Waals surface area contributed by atoms with Gasteiger partial charge in [0.1, 0.15) is 5.75 Å². The number of hydrogen-bond donors (Lipinski definition) is 0.